The van der Waals surface area contributed by atoms with E-state index >= 15 is 0 Å². The summed E-state index contributed by atoms with van der Waals surface area (Å²) < 4.78 is 5.17. The van der Waals surface area contributed by atoms with E-state index in [4.69, 9.17) is 10.5 Å². The van der Waals surface area contributed by atoms with Crippen LogP contribution in [0.25, 0.3) is 0 Å². The highest BCUT2D eigenvalue weighted by Gasteiger charge is 2.12. The lowest BCUT2D eigenvalue weighted by atomic mass is 10.0. The molecule has 0 saturated heterocycles. The number of unbranched alkanes of at least 4 members (excludes halogenated alkanes) is 14. The molecule has 0 bridgehead atoms. The zero-order valence-electron chi connectivity index (χ0n) is 17.4. The lowest BCUT2D eigenvalue weighted by Gasteiger charge is -2.16. The molecule has 0 amide bonds. The predicted molar refractivity (Wildman–Crippen MR) is 108 cm³/mol. The van der Waals surface area contributed by atoms with Gasteiger partial charge in [-0.1, -0.05) is 111 Å². The summed E-state index contributed by atoms with van der Waals surface area (Å²) in [6, 6.07) is 0. The molecule has 1 atom stereocenters. The standard InChI is InChI=1S/C22H45NO2/c1-4-5-6-7-8-9-10-11-12-13-14-15-16-17-18-19-21(24)25-22(23)20(2)3/h20,22H,4-19,23H2,1-3H3. The lowest BCUT2D eigenvalue weighted by Crippen LogP contribution is -2.32. The van der Waals surface area contributed by atoms with Gasteiger partial charge in [-0.05, 0) is 6.42 Å². The van der Waals surface area contributed by atoms with Crippen LogP contribution in [0.2, 0.25) is 0 Å². The van der Waals surface area contributed by atoms with Gasteiger partial charge in [0.2, 0.25) is 0 Å². The Balaban J connectivity index is 3.17. The largest absolute Gasteiger partial charge is 0.447 e. The summed E-state index contributed by atoms with van der Waals surface area (Å²) in [4.78, 5) is 11.6. The van der Waals surface area contributed by atoms with Crippen LogP contribution < -0.4 is 5.73 Å². The van der Waals surface area contributed by atoms with Crippen LogP contribution in [-0.4, -0.2) is 12.2 Å². The number of hydrogen-bond donors (Lipinski definition) is 1. The first kappa shape index (κ1) is 24.4. The van der Waals surface area contributed by atoms with Crippen LogP contribution in [0.5, 0.6) is 0 Å². The van der Waals surface area contributed by atoms with Crippen LogP contribution in [-0.2, 0) is 9.53 Å². The highest BCUT2D eigenvalue weighted by atomic mass is 16.6. The first-order chi connectivity index (χ1) is 12.1. The van der Waals surface area contributed by atoms with E-state index in [-0.39, 0.29) is 11.9 Å². The zero-order valence-corrected chi connectivity index (χ0v) is 17.4. The van der Waals surface area contributed by atoms with Gasteiger partial charge in [0.1, 0.15) is 0 Å². The molecule has 0 fully saturated rings. The second-order valence-corrected chi connectivity index (χ2v) is 7.90. The van der Waals surface area contributed by atoms with E-state index in [1.165, 1.54) is 83.5 Å². The van der Waals surface area contributed by atoms with Crippen LogP contribution in [0.15, 0.2) is 0 Å². The second kappa shape index (κ2) is 18.2. The van der Waals surface area contributed by atoms with Gasteiger partial charge in [-0.2, -0.15) is 0 Å². The highest BCUT2D eigenvalue weighted by Crippen LogP contribution is 2.14. The molecule has 0 aliphatic heterocycles. The Morgan fingerprint density at radius 2 is 1.08 bits per heavy atom. The van der Waals surface area contributed by atoms with Crippen molar-refractivity contribution < 1.29 is 9.53 Å². The summed E-state index contributed by atoms with van der Waals surface area (Å²) in [5.74, 6) is 0.0425. The zero-order chi connectivity index (χ0) is 18.8. The molecule has 0 spiro atoms. The van der Waals surface area contributed by atoms with Crippen molar-refractivity contribution >= 4 is 5.97 Å². The van der Waals surface area contributed by atoms with Crippen molar-refractivity contribution in [3.8, 4) is 0 Å². The fourth-order valence-corrected chi connectivity index (χ4v) is 2.99. The average molecular weight is 356 g/mol. The molecular weight excluding hydrogens is 310 g/mol. The van der Waals surface area contributed by atoms with E-state index in [2.05, 4.69) is 6.92 Å². The number of esters is 1. The summed E-state index contributed by atoms with van der Waals surface area (Å²) in [5.41, 5.74) is 5.73. The number of carbonyl (C=O) groups excluding carboxylic acids is 1. The minimum Gasteiger partial charge on any atom is -0.447 e. The fraction of sp³-hybridized carbons (Fsp3) is 0.955. The molecule has 1 unspecified atom stereocenters. The van der Waals surface area contributed by atoms with E-state index in [0.29, 0.717) is 6.42 Å². The molecular formula is C22H45NO2. The van der Waals surface area contributed by atoms with Gasteiger partial charge in [-0.25, -0.2) is 0 Å². The minimum absolute atomic E-state index is 0.143. The van der Waals surface area contributed by atoms with E-state index < -0.39 is 6.23 Å². The molecule has 0 saturated carbocycles. The van der Waals surface area contributed by atoms with Gasteiger partial charge in [0.25, 0.3) is 0 Å². The normalized spacial score (nSPS) is 12.5. The van der Waals surface area contributed by atoms with Crippen molar-refractivity contribution in [1.29, 1.82) is 0 Å². The van der Waals surface area contributed by atoms with Gasteiger partial charge in [0, 0.05) is 12.3 Å². The smallest absolute Gasteiger partial charge is 0.307 e. The molecule has 0 rings (SSSR count). The molecule has 0 aromatic rings. The lowest BCUT2D eigenvalue weighted by molar-refractivity contribution is -0.151. The Kier molecular flexibility index (Phi) is 17.8. The van der Waals surface area contributed by atoms with E-state index in [9.17, 15) is 4.79 Å². The van der Waals surface area contributed by atoms with Gasteiger partial charge in [0.05, 0.1) is 0 Å². The third-order valence-electron chi connectivity index (χ3n) is 4.91. The van der Waals surface area contributed by atoms with Crippen LogP contribution in [0.4, 0.5) is 0 Å². The van der Waals surface area contributed by atoms with Crippen molar-refractivity contribution in [2.24, 2.45) is 11.7 Å². The highest BCUT2D eigenvalue weighted by molar-refractivity contribution is 5.69. The summed E-state index contributed by atoms with van der Waals surface area (Å²) >= 11 is 0. The van der Waals surface area contributed by atoms with Crippen molar-refractivity contribution in [1.82, 2.24) is 0 Å². The SMILES string of the molecule is CCCCCCCCCCCCCCCCCC(=O)OC(N)C(C)C. The third-order valence-corrected chi connectivity index (χ3v) is 4.91. The van der Waals surface area contributed by atoms with Crippen LogP contribution >= 0.6 is 0 Å². The maximum atomic E-state index is 11.6. The van der Waals surface area contributed by atoms with Crippen LogP contribution in [0.3, 0.4) is 0 Å². The molecule has 3 heteroatoms. The topological polar surface area (TPSA) is 52.3 Å². The fourth-order valence-electron chi connectivity index (χ4n) is 2.99. The average Bonchev–Trinajstić information content (AvgIpc) is 2.58. The number of nitrogens with two attached hydrogens (primary N) is 1. The molecule has 3 nitrogen and oxygen atoms in total. The monoisotopic (exact) mass is 355 g/mol. The van der Waals surface area contributed by atoms with Crippen molar-refractivity contribution in [3.05, 3.63) is 0 Å². The van der Waals surface area contributed by atoms with E-state index in [0.717, 1.165) is 12.8 Å². The van der Waals surface area contributed by atoms with Crippen molar-refractivity contribution in [2.75, 3.05) is 0 Å². The van der Waals surface area contributed by atoms with Gasteiger partial charge in [0.15, 0.2) is 6.23 Å². The van der Waals surface area contributed by atoms with E-state index in [1.807, 2.05) is 13.8 Å². The molecule has 25 heavy (non-hydrogen) atoms. The van der Waals surface area contributed by atoms with Crippen molar-refractivity contribution in [2.45, 2.75) is 130 Å². The van der Waals surface area contributed by atoms with Gasteiger partial charge in [-0.3, -0.25) is 10.5 Å². The molecule has 0 aromatic carbocycles. The Labute approximate surface area is 157 Å². The predicted octanol–water partition coefficient (Wildman–Crippen LogP) is 6.73. The first-order valence-electron chi connectivity index (χ1n) is 11.0. The second-order valence-electron chi connectivity index (χ2n) is 7.90. The quantitative estimate of drug-likeness (QED) is 0.168. The Bertz CT molecular complexity index is 292. The van der Waals surface area contributed by atoms with Crippen molar-refractivity contribution in [3.63, 3.8) is 0 Å². The molecule has 0 aliphatic rings. The molecule has 2 N–H and O–H groups in total. The third kappa shape index (κ3) is 18.0. The molecule has 0 radical (unpaired) electrons. The molecule has 0 aromatic heterocycles. The number of carbonyl (C=O) groups is 1. The molecule has 0 aliphatic carbocycles. The van der Waals surface area contributed by atoms with E-state index in [1.54, 1.807) is 0 Å². The Morgan fingerprint density at radius 1 is 0.720 bits per heavy atom. The van der Waals surface area contributed by atoms with Gasteiger partial charge >= 0.3 is 5.97 Å². The first-order valence-corrected chi connectivity index (χ1v) is 11.0. The summed E-state index contributed by atoms with van der Waals surface area (Å²) in [6.45, 7) is 6.20. The summed E-state index contributed by atoms with van der Waals surface area (Å²) in [5, 5.41) is 0. The minimum atomic E-state index is -0.455. The maximum absolute atomic E-state index is 11.6. The Hall–Kier alpha value is -0.570. The van der Waals surface area contributed by atoms with Gasteiger partial charge in [-0.15, -0.1) is 0 Å². The van der Waals surface area contributed by atoms with Gasteiger partial charge < -0.3 is 4.74 Å². The maximum Gasteiger partial charge on any atom is 0.307 e. The van der Waals surface area contributed by atoms with Crippen LogP contribution in [0, 0.1) is 5.92 Å². The molecule has 150 valence electrons. The summed E-state index contributed by atoms with van der Waals surface area (Å²) in [6.07, 6.45) is 20.1. The number of ether oxygens (including phenoxy) is 1. The van der Waals surface area contributed by atoms with Crippen LogP contribution in [0.1, 0.15) is 124 Å². The number of hydrogen-bond acceptors (Lipinski definition) is 3. The molecule has 0 heterocycles. The Morgan fingerprint density at radius 3 is 1.44 bits per heavy atom. The summed E-state index contributed by atoms with van der Waals surface area (Å²) in [7, 11) is 0. The number of rotatable bonds is 18.